The molecule has 0 unspecified atom stereocenters. The van der Waals surface area contributed by atoms with Crippen LogP contribution >= 0.6 is 0 Å². The van der Waals surface area contributed by atoms with Gasteiger partial charge in [0.2, 0.25) is 0 Å². The standard InChI is InChI=1S/C13H23NO3/c1-9(2)11(8-7-10(3)15)14-12(16)17-13(4,5)6/h7-9,11H,1-6H3,(H,14,16)/b8-7+/t11-/m1/s1. The summed E-state index contributed by atoms with van der Waals surface area (Å²) in [6.07, 6.45) is 2.68. The van der Waals surface area contributed by atoms with Crippen molar-refractivity contribution < 1.29 is 14.3 Å². The minimum atomic E-state index is -0.518. The Balaban J connectivity index is 4.46. The van der Waals surface area contributed by atoms with Gasteiger partial charge < -0.3 is 10.1 Å². The molecule has 4 nitrogen and oxygen atoms in total. The number of alkyl carbamates (subject to hydrolysis) is 1. The highest BCUT2D eigenvalue weighted by Crippen LogP contribution is 2.09. The molecule has 0 radical (unpaired) electrons. The Kier molecular flexibility index (Phi) is 5.93. The van der Waals surface area contributed by atoms with Gasteiger partial charge in [-0.05, 0) is 39.7 Å². The summed E-state index contributed by atoms with van der Waals surface area (Å²) < 4.78 is 5.16. The lowest BCUT2D eigenvalue weighted by atomic mass is 10.0. The summed E-state index contributed by atoms with van der Waals surface area (Å²) in [5, 5.41) is 2.73. The van der Waals surface area contributed by atoms with Gasteiger partial charge >= 0.3 is 6.09 Å². The monoisotopic (exact) mass is 241 g/mol. The van der Waals surface area contributed by atoms with Crippen molar-refractivity contribution >= 4 is 11.9 Å². The Labute approximate surface area is 103 Å². The van der Waals surface area contributed by atoms with E-state index < -0.39 is 11.7 Å². The fraction of sp³-hybridized carbons (Fsp3) is 0.692. The highest BCUT2D eigenvalue weighted by Gasteiger charge is 2.19. The van der Waals surface area contributed by atoms with Crippen LogP contribution in [0, 0.1) is 5.92 Å². The van der Waals surface area contributed by atoms with Gasteiger partial charge in [-0.2, -0.15) is 0 Å². The molecule has 0 heterocycles. The number of hydrogen-bond donors (Lipinski definition) is 1. The van der Waals surface area contributed by atoms with Crippen molar-refractivity contribution in [1.29, 1.82) is 0 Å². The molecule has 98 valence electrons. The summed E-state index contributed by atoms with van der Waals surface area (Å²) >= 11 is 0. The molecule has 1 N–H and O–H groups in total. The van der Waals surface area contributed by atoms with Crippen LogP contribution in [0.4, 0.5) is 4.79 Å². The van der Waals surface area contributed by atoms with Gasteiger partial charge in [-0.15, -0.1) is 0 Å². The first-order valence-electron chi connectivity index (χ1n) is 5.80. The zero-order valence-electron chi connectivity index (χ0n) is 11.5. The molecule has 0 fully saturated rings. The van der Waals surface area contributed by atoms with E-state index in [4.69, 9.17) is 4.74 Å². The maximum absolute atomic E-state index is 11.6. The molecule has 0 rings (SSSR count). The average Bonchev–Trinajstić information content (AvgIpc) is 2.08. The van der Waals surface area contributed by atoms with Crippen LogP contribution in [0.15, 0.2) is 12.2 Å². The van der Waals surface area contributed by atoms with Crippen molar-refractivity contribution in [1.82, 2.24) is 5.32 Å². The van der Waals surface area contributed by atoms with Crippen molar-refractivity contribution in [2.75, 3.05) is 0 Å². The van der Waals surface area contributed by atoms with Crippen molar-refractivity contribution in [3.63, 3.8) is 0 Å². The van der Waals surface area contributed by atoms with Gasteiger partial charge in [0.05, 0.1) is 6.04 Å². The van der Waals surface area contributed by atoms with Gasteiger partial charge in [-0.25, -0.2) is 4.79 Å². The molecule has 0 aromatic carbocycles. The summed E-state index contributed by atoms with van der Waals surface area (Å²) in [5.74, 6) is 0.153. The molecule has 0 bridgehead atoms. The second-order valence-corrected chi connectivity index (χ2v) is 5.39. The first-order chi connectivity index (χ1) is 7.61. The van der Waals surface area contributed by atoms with E-state index in [1.54, 1.807) is 6.08 Å². The number of nitrogens with one attached hydrogen (secondary N) is 1. The highest BCUT2D eigenvalue weighted by molar-refractivity contribution is 5.87. The highest BCUT2D eigenvalue weighted by atomic mass is 16.6. The first kappa shape index (κ1) is 15.7. The van der Waals surface area contributed by atoms with Gasteiger partial charge in [-0.3, -0.25) is 4.79 Å². The molecule has 0 aromatic heterocycles. The Morgan fingerprint density at radius 2 is 1.76 bits per heavy atom. The number of ketones is 1. The van der Waals surface area contributed by atoms with Crippen LogP contribution in [0.25, 0.3) is 0 Å². The van der Waals surface area contributed by atoms with E-state index in [1.807, 2.05) is 34.6 Å². The number of hydrogen-bond acceptors (Lipinski definition) is 3. The van der Waals surface area contributed by atoms with E-state index in [0.29, 0.717) is 0 Å². The van der Waals surface area contributed by atoms with Crippen molar-refractivity contribution in [2.45, 2.75) is 53.2 Å². The summed E-state index contributed by atoms with van der Waals surface area (Å²) in [6.45, 7) is 10.8. The molecular formula is C13H23NO3. The van der Waals surface area contributed by atoms with Crippen molar-refractivity contribution in [3.05, 3.63) is 12.2 Å². The first-order valence-corrected chi connectivity index (χ1v) is 5.80. The normalized spacial score (nSPS) is 13.8. The molecule has 0 spiro atoms. The Hall–Kier alpha value is -1.32. The van der Waals surface area contributed by atoms with Crippen LogP contribution in [0.1, 0.15) is 41.5 Å². The Bertz CT molecular complexity index is 300. The number of carbonyl (C=O) groups excluding carboxylic acids is 2. The maximum atomic E-state index is 11.6. The van der Waals surface area contributed by atoms with E-state index in [1.165, 1.54) is 13.0 Å². The SMILES string of the molecule is CC(=O)/C=C/[C@@H](NC(=O)OC(C)(C)C)C(C)C. The molecule has 0 aliphatic rings. The molecule has 17 heavy (non-hydrogen) atoms. The number of carbonyl (C=O) groups is 2. The molecule has 0 aliphatic heterocycles. The zero-order chi connectivity index (χ0) is 13.6. The topological polar surface area (TPSA) is 55.4 Å². The van der Waals surface area contributed by atoms with Gasteiger partial charge in [0.15, 0.2) is 5.78 Å². The summed E-state index contributed by atoms with van der Waals surface area (Å²) in [6, 6.07) is -0.200. The lowest BCUT2D eigenvalue weighted by Crippen LogP contribution is -2.40. The van der Waals surface area contributed by atoms with E-state index in [9.17, 15) is 9.59 Å². The van der Waals surface area contributed by atoms with Crippen LogP contribution in [0.2, 0.25) is 0 Å². The lowest BCUT2D eigenvalue weighted by Gasteiger charge is -2.23. The quantitative estimate of drug-likeness (QED) is 0.770. The Morgan fingerprint density at radius 3 is 2.12 bits per heavy atom. The predicted molar refractivity (Wildman–Crippen MR) is 67.8 cm³/mol. The average molecular weight is 241 g/mol. The minimum Gasteiger partial charge on any atom is -0.444 e. The largest absolute Gasteiger partial charge is 0.444 e. The van der Waals surface area contributed by atoms with Gasteiger partial charge in [0, 0.05) is 0 Å². The van der Waals surface area contributed by atoms with Crippen molar-refractivity contribution in [2.24, 2.45) is 5.92 Å². The lowest BCUT2D eigenvalue weighted by molar-refractivity contribution is -0.112. The zero-order valence-corrected chi connectivity index (χ0v) is 11.5. The number of allylic oxidation sites excluding steroid dienone is 1. The van der Waals surface area contributed by atoms with Crippen LogP contribution in [0.5, 0.6) is 0 Å². The van der Waals surface area contributed by atoms with E-state index in [0.717, 1.165) is 0 Å². The molecule has 1 amide bonds. The fourth-order valence-electron chi connectivity index (χ4n) is 1.12. The minimum absolute atomic E-state index is 0.0401. The second-order valence-electron chi connectivity index (χ2n) is 5.39. The number of ether oxygens (including phenoxy) is 1. The third-order valence-electron chi connectivity index (χ3n) is 1.94. The predicted octanol–water partition coefficient (Wildman–Crippen LogP) is 2.68. The van der Waals surface area contributed by atoms with E-state index >= 15 is 0 Å². The number of rotatable bonds is 4. The molecule has 0 aliphatic carbocycles. The third-order valence-corrected chi connectivity index (χ3v) is 1.94. The van der Waals surface area contributed by atoms with E-state index in [2.05, 4.69) is 5.32 Å². The van der Waals surface area contributed by atoms with Crippen LogP contribution in [-0.2, 0) is 9.53 Å². The van der Waals surface area contributed by atoms with Crippen molar-refractivity contribution in [3.8, 4) is 0 Å². The van der Waals surface area contributed by atoms with E-state index in [-0.39, 0.29) is 17.7 Å². The Morgan fingerprint density at radius 1 is 1.24 bits per heavy atom. The molecule has 0 saturated heterocycles. The second kappa shape index (κ2) is 6.42. The van der Waals surface area contributed by atoms with Crippen LogP contribution in [-0.4, -0.2) is 23.5 Å². The van der Waals surface area contributed by atoms with Crippen LogP contribution in [0.3, 0.4) is 0 Å². The van der Waals surface area contributed by atoms with Crippen LogP contribution < -0.4 is 5.32 Å². The summed E-state index contributed by atoms with van der Waals surface area (Å²) in [4.78, 5) is 22.4. The van der Waals surface area contributed by atoms with Gasteiger partial charge in [0.25, 0.3) is 0 Å². The maximum Gasteiger partial charge on any atom is 0.408 e. The van der Waals surface area contributed by atoms with Gasteiger partial charge in [-0.1, -0.05) is 19.9 Å². The molecule has 4 heteroatoms. The molecule has 0 aromatic rings. The van der Waals surface area contributed by atoms with Gasteiger partial charge in [0.1, 0.15) is 5.60 Å². The molecule has 1 atom stereocenters. The summed E-state index contributed by atoms with van der Waals surface area (Å²) in [5.41, 5.74) is -0.518. The summed E-state index contributed by atoms with van der Waals surface area (Å²) in [7, 11) is 0. The molecular weight excluding hydrogens is 218 g/mol. The fourth-order valence-corrected chi connectivity index (χ4v) is 1.12. The molecule has 0 saturated carbocycles. The third kappa shape index (κ3) is 8.48. The number of amides is 1. The smallest absolute Gasteiger partial charge is 0.408 e.